The zero-order valence-electron chi connectivity index (χ0n) is 16.7. The van der Waals surface area contributed by atoms with Gasteiger partial charge in [-0.2, -0.15) is 0 Å². The maximum Gasteiger partial charge on any atom is 0.415 e. The molecule has 0 aliphatic heterocycles. The summed E-state index contributed by atoms with van der Waals surface area (Å²) >= 11 is 0. The zero-order chi connectivity index (χ0) is 20.9. The van der Waals surface area contributed by atoms with Gasteiger partial charge in [0.05, 0.1) is 7.11 Å². The fourth-order valence-corrected chi connectivity index (χ4v) is 2.43. The largest absolute Gasteiger partial charge is 0.453 e. The number of likely N-dealkylation sites (N-methyl/N-ethyl adjacent to an activating group) is 1. The molecule has 2 amide bonds. The molecule has 2 aromatic carbocycles. The first-order chi connectivity index (χ1) is 14.1. The molecule has 0 bridgehead atoms. The van der Waals surface area contributed by atoms with Crippen LogP contribution < -0.4 is 10.1 Å². The molecule has 0 fully saturated rings. The van der Waals surface area contributed by atoms with E-state index in [0.717, 1.165) is 12.8 Å². The summed E-state index contributed by atoms with van der Waals surface area (Å²) in [6, 6.07) is 16.9. The average molecular weight is 394 g/mol. The molecule has 6 heteroatoms. The van der Waals surface area contributed by atoms with Crippen LogP contribution in [0.3, 0.4) is 0 Å². The van der Waals surface area contributed by atoms with Crippen molar-refractivity contribution in [2.75, 3.05) is 26.0 Å². The van der Waals surface area contributed by atoms with Crippen LogP contribution >= 0.6 is 0 Å². The molecule has 0 radical (unpaired) electrons. The van der Waals surface area contributed by atoms with Crippen molar-refractivity contribution < 1.29 is 19.1 Å². The van der Waals surface area contributed by atoms with Gasteiger partial charge in [0.15, 0.2) is 0 Å². The second kappa shape index (κ2) is 12.0. The normalized spacial score (nSPS) is 10.8. The number of carbonyl (C=O) groups is 2. The second-order valence-corrected chi connectivity index (χ2v) is 6.27. The standard InChI is InChI=1S/C23H26N2O4/c1-25(17-10-5-3-4-7-12-19-13-8-6-9-14-19)23(27)29-21-16-11-15-20(18-21)24-22(26)28-2/h3-6,8-11,13-16,18H,7,12,17H2,1-2H3,(H,24,26)/b4-3+,10-5+. The van der Waals surface area contributed by atoms with Crippen LogP contribution in [0.25, 0.3) is 0 Å². The van der Waals surface area contributed by atoms with Crippen LogP contribution in [0.5, 0.6) is 5.75 Å². The minimum Gasteiger partial charge on any atom is -0.453 e. The lowest BCUT2D eigenvalue weighted by atomic mass is 10.1. The van der Waals surface area contributed by atoms with Crippen molar-refractivity contribution in [1.29, 1.82) is 0 Å². The van der Waals surface area contributed by atoms with E-state index in [1.807, 2.05) is 36.4 Å². The van der Waals surface area contributed by atoms with Gasteiger partial charge in [0.2, 0.25) is 0 Å². The smallest absolute Gasteiger partial charge is 0.415 e. The third-order valence-electron chi connectivity index (χ3n) is 3.99. The number of rotatable bonds is 8. The van der Waals surface area contributed by atoms with Crippen molar-refractivity contribution in [3.8, 4) is 5.75 Å². The van der Waals surface area contributed by atoms with Gasteiger partial charge in [-0.3, -0.25) is 5.32 Å². The van der Waals surface area contributed by atoms with Crippen LogP contribution in [0.4, 0.5) is 15.3 Å². The van der Waals surface area contributed by atoms with Gasteiger partial charge >= 0.3 is 12.2 Å². The molecule has 0 saturated heterocycles. The summed E-state index contributed by atoms with van der Waals surface area (Å²) in [4.78, 5) is 24.9. The molecule has 0 unspecified atom stereocenters. The van der Waals surface area contributed by atoms with Crippen LogP contribution in [0.1, 0.15) is 12.0 Å². The molecule has 0 aromatic heterocycles. The third kappa shape index (κ3) is 8.34. The van der Waals surface area contributed by atoms with Crippen molar-refractivity contribution >= 4 is 17.9 Å². The first-order valence-electron chi connectivity index (χ1n) is 9.32. The molecule has 29 heavy (non-hydrogen) atoms. The van der Waals surface area contributed by atoms with Gasteiger partial charge in [0, 0.05) is 25.3 Å². The van der Waals surface area contributed by atoms with E-state index >= 15 is 0 Å². The molecule has 0 heterocycles. The predicted octanol–water partition coefficient (Wildman–Crippen LogP) is 5.04. The summed E-state index contributed by atoms with van der Waals surface area (Å²) in [6.45, 7) is 0.419. The Labute approximate surface area is 171 Å². The van der Waals surface area contributed by atoms with Crippen LogP contribution in [-0.4, -0.2) is 37.8 Å². The maximum absolute atomic E-state index is 12.2. The number of aryl methyl sites for hydroxylation is 1. The van der Waals surface area contributed by atoms with Crippen molar-refractivity contribution in [3.63, 3.8) is 0 Å². The molecule has 0 spiro atoms. The summed E-state index contributed by atoms with van der Waals surface area (Å²) in [6.07, 6.45) is 8.76. The molecule has 2 rings (SSSR count). The van der Waals surface area contributed by atoms with Crippen LogP contribution in [0.15, 0.2) is 78.9 Å². The Morgan fingerprint density at radius 3 is 2.55 bits per heavy atom. The van der Waals surface area contributed by atoms with Gasteiger partial charge in [0.1, 0.15) is 5.75 Å². The monoisotopic (exact) mass is 394 g/mol. The Bertz CT molecular complexity index is 847. The summed E-state index contributed by atoms with van der Waals surface area (Å²) in [5.74, 6) is 0.334. The average Bonchev–Trinajstić information content (AvgIpc) is 2.73. The second-order valence-electron chi connectivity index (χ2n) is 6.27. The molecule has 2 aromatic rings. The summed E-state index contributed by atoms with van der Waals surface area (Å²) in [5, 5.41) is 2.52. The summed E-state index contributed by atoms with van der Waals surface area (Å²) in [5.41, 5.74) is 1.79. The number of anilines is 1. The molecule has 0 aliphatic carbocycles. The molecule has 1 N–H and O–H groups in total. The number of amides is 2. The Kier molecular flexibility index (Phi) is 9.02. The van der Waals surface area contributed by atoms with Gasteiger partial charge in [-0.25, -0.2) is 9.59 Å². The van der Waals surface area contributed by atoms with E-state index in [-0.39, 0.29) is 0 Å². The van der Waals surface area contributed by atoms with Crippen molar-refractivity contribution in [3.05, 3.63) is 84.5 Å². The Morgan fingerprint density at radius 2 is 1.79 bits per heavy atom. The first-order valence-corrected chi connectivity index (χ1v) is 9.32. The number of carbonyl (C=O) groups excluding carboxylic acids is 2. The van der Waals surface area contributed by atoms with Gasteiger partial charge in [0.25, 0.3) is 0 Å². The fourth-order valence-electron chi connectivity index (χ4n) is 2.43. The fraction of sp³-hybridized carbons (Fsp3) is 0.217. The van der Waals surface area contributed by atoms with Crippen LogP contribution in [0, 0.1) is 0 Å². The quantitative estimate of drug-likeness (QED) is 0.637. The highest BCUT2D eigenvalue weighted by Gasteiger charge is 2.10. The molecule has 6 nitrogen and oxygen atoms in total. The topological polar surface area (TPSA) is 67.9 Å². The third-order valence-corrected chi connectivity index (χ3v) is 3.99. The zero-order valence-corrected chi connectivity index (χ0v) is 16.7. The lowest BCUT2D eigenvalue weighted by molar-refractivity contribution is 0.167. The van der Waals surface area contributed by atoms with E-state index in [1.54, 1.807) is 31.3 Å². The van der Waals surface area contributed by atoms with E-state index in [2.05, 4.69) is 28.3 Å². The molecular weight excluding hydrogens is 368 g/mol. The number of allylic oxidation sites excluding steroid dienone is 3. The Morgan fingerprint density at radius 1 is 1.03 bits per heavy atom. The molecule has 0 atom stereocenters. The molecular formula is C23H26N2O4. The minimum absolute atomic E-state index is 0.334. The highest BCUT2D eigenvalue weighted by molar-refractivity contribution is 5.84. The van der Waals surface area contributed by atoms with E-state index in [4.69, 9.17) is 4.74 Å². The highest BCUT2D eigenvalue weighted by atomic mass is 16.6. The SMILES string of the molecule is COC(=O)Nc1cccc(OC(=O)N(C)C/C=C/C=C/CCc2ccccc2)c1. The summed E-state index contributed by atoms with van der Waals surface area (Å²) < 4.78 is 9.86. The molecule has 0 saturated carbocycles. The number of hydrogen-bond donors (Lipinski definition) is 1. The van der Waals surface area contributed by atoms with Crippen molar-refractivity contribution in [2.24, 2.45) is 0 Å². The maximum atomic E-state index is 12.2. The van der Waals surface area contributed by atoms with E-state index in [1.165, 1.54) is 17.6 Å². The van der Waals surface area contributed by atoms with Crippen molar-refractivity contribution in [1.82, 2.24) is 4.90 Å². The van der Waals surface area contributed by atoms with Gasteiger partial charge < -0.3 is 14.4 Å². The lowest BCUT2D eigenvalue weighted by Crippen LogP contribution is -2.29. The van der Waals surface area contributed by atoms with E-state index in [9.17, 15) is 9.59 Å². The lowest BCUT2D eigenvalue weighted by Gasteiger charge is -2.15. The van der Waals surface area contributed by atoms with Gasteiger partial charge in [-0.15, -0.1) is 0 Å². The number of hydrogen-bond acceptors (Lipinski definition) is 4. The minimum atomic E-state index is -0.590. The number of ether oxygens (including phenoxy) is 2. The van der Waals surface area contributed by atoms with E-state index in [0.29, 0.717) is 18.0 Å². The summed E-state index contributed by atoms with van der Waals surface area (Å²) in [7, 11) is 2.93. The Hall–Kier alpha value is -3.54. The predicted molar refractivity (Wildman–Crippen MR) is 114 cm³/mol. The van der Waals surface area contributed by atoms with Gasteiger partial charge in [-0.05, 0) is 30.5 Å². The number of benzene rings is 2. The number of nitrogens with one attached hydrogen (secondary N) is 1. The Balaban J connectivity index is 1.73. The number of nitrogens with zero attached hydrogens (tertiary/aromatic N) is 1. The van der Waals surface area contributed by atoms with Crippen LogP contribution in [0.2, 0.25) is 0 Å². The van der Waals surface area contributed by atoms with E-state index < -0.39 is 12.2 Å². The number of methoxy groups -OCH3 is 1. The first kappa shape index (κ1) is 21.8. The van der Waals surface area contributed by atoms with Gasteiger partial charge in [-0.1, -0.05) is 60.7 Å². The highest BCUT2D eigenvalue weighted by Crippen LogP contribution is 2.18. The van der Waals surface area contributed by atoms with Crippen molar-refractivity contribution in [2.45, 2.75) is 12.8 Å². The van der Waals surface area contributed by atoms with Crippen LogP contribution in [-0.2, 0) is 11.2 Å². The molecule has 152 valence electrons. The molecule has 0 aliphatic rings.